The number of nitrogens with zero attached hydrogens (tertiary/aromatic N) is 5. The number of rotatable bonds is 9. The summed E-state index contributed by atoms with van der Waals surface area (Å²) >= 11 is 6.68. The number of piperazine rings is 1. The van der Waals surface area contributed by atoms with Gasteiger partial charge in [-0.3, -0.25) is 9.59 Å². The normalized spacial score (nSPS) is 19.8. The molecule has 5 heterocycles. The van der Waals surface area contributed by atoms with Crippen LogP contribution >= 0.6 is 11.6 Å². The first-order chi connectivity index (χ1) is 32.2. The van der Waals surface area contributed by atoms with Crippen molar-refractivity contribution in [2.75, 3.05) is 56.7 Å². The van der Waals surface area contributed by atoms with E-state index in [1.807, 2.05) is 44.7 Å². The number of aromatic nitrogens is 3. The summed E-state index contributed by atoms with van der Waals surface area (Å²) in [5.41, 5.74) is 1.07. The number of aromatic amines is 1. The number of carbonyl (C=O) groups excluding carboxylic acids is 4. The van der Waals surface area contributed by atoms with Crippen LogP contribution in [0.15, 0.2) is 60.8 Å². The van der Waals surface area contributed by atoms with Crippen LogP contribution in [0.2, 0.25) is 5.02 Å². The molecule has 3 aromatic carbocycles. The third-order valence-electron chi connectivity index (χ3n) is 12.5. The van der Waals surface area contributed by atoms with E-state index in [4.69, 9.17) is 30.8 Å². The Hall–Kier alpha value is -6.34. The number of amides is 4. The number of alkyl carbamates (subject to hydrolysis) is 1. The molecule has 68 heavy (non-hydrogen) atoms. The minimum Gasteiger partial charge on any atom is -0.453 e. The highest BCUT2D eigenvalue weighted by Crippen LogP contribution is 2.42. The Morgan fingerprint density at radius 3 is 2.41 bits per heavy atom. The van der Waals surface area contributed by atoms with Crippen molar-refractivity contribution in [1.29, 1.82) is 0 Å². The lowest BCUT2D eigenvalue weighted by atomic mass is 9.90. The number of methoxy groups -OCH3 is 1. The number of benzene rings is 3. The molecule has 20 heteroatoms. The van der Waals surface area contributed by atoms with E-state index >= 15 is 0 Å². The van der Waals surface area contributed by atoms with Crippen molar-refractivity contribution in [2.24, 2.45) is 11.8 Å². The molecule has 3 aliphatic rings. The Morgan fingerprint density at radius 2 is 1.74 bits per heavy atom. The van der Waals surface area contributed by atoms with Crippen molar-refractivity contribution in [3.05, 3.63) is 77.2 Å². The number of imidazole rings is 1. The van der Waals surface area contributed by atoms with Crippen LogP contribution in [0.25, 0.3) is 32.9 Å². The summed E-state index contributed by atoms with van der Waals surface area (Å²) in [5.74, 6) is -0.315. The van der Waals surface area contributed by atoms with Crippen LogP contribution in [0.1, 0.15) is 76.1 Å². The first kappa shape index (κ1) is 48.1. The van der Waals surface area contributed by atoms with Crippen LogP contribution in [-0.2, 0) is 19.0 Å². The number of alkyl halides is 3. The first-order valence-electron chi connectivity index (χ1n) is 22.5. The molecule has 0 saturated carbocycles. The van der Waals surface area contributed by atoms with E-state index in [-0.39, 0.29) is 45.6 Å². The Morgan fingerprint density at radius 1 is 0.971 bits per heavy atom. The molecule has 5 aromatic rings. The van der Waals surface area contributed by atoms with E-state index in [9.17, 15) is 32.3 Å². The number of fused-ring (bicyclic) bond motifs is 3. The molecule has 0 unspecified atom stereocenters. The number of halogens is 4. The molecule has 3 saturated heterocycles. The molecule has 3 aliphatic heterocycles. The lowest BCUT2D eigenvalue weighted by molar-refractivity contribution is -0.274. The SMILES string of the molecule is COC(=O)N[C@H](C(=O)N1C[C@@H](C)C[C@H]1c1nc2c(ccc3cc(-c4cc(Cl)c(NC(=O)c5ccc(N6CCN(C(=O)OC(C)(C)C)C[C@H]6C)nc5)cc4OC(F)(F)F)ccc32)[nH]1)C1CCOCC1. The van der Waals surface area contributed by atoms with Gasteiger partial charge >= 0.3 is 18.5 Å². The Balaban J connectivity index is 1.01. The third-order valence-corrected chi connectivity index (χ3v) is 12.8. The fourth-order valence-corrected chi connectivity index (χ4v) is 9.46. The number of hydrogen-bond donors (Lipinski definition) is 3. The highest BCUT2D eigenvalue weighted by molar-refractivity contribution is 6.34. The summed E-state index contributed by atoms with van der Waals surface area (Å²) < 4.78 is 62.3. The van der Waals surface area contributed by atoms with Gasteiger partial charge in [-0.2, -0.15) is 0 Å². The number of ether oxygens (including phenoxy) is 4. The lowest BCUT2D eigenvalue weighted by Crippen LogP contribution is -2.54. The number of H-pyrrole nitrogens is 1. The highest BCUT2D eigenvalue weighted by Gasteiger charge is 2.42. The van der Waals surface area contributed by atoms with E-state index < -0.39 is 47.9 Å². The van der Waals surface area contributed by atoms with E-state index in [1.165, 1.54) is 19.4 Å². The maximum atomic E-state index is 14.3. The van der Waals surface area contributed by atoms with Gasteiger partial charge in [-0.05, 0) is 100 Å². The summed E-state index contributed by atoms with van der Waals surface area (Å²) in [5, 5.41) is 6.70. The maximum Gasteiger partial charge on any atom is 0.573 e. The van der Waals surface area contributed by atoms with Gasteiger partial charge in [0.1, 0.15) is 29.0 Å². The molecular formula is C48H54ClF3N8O8. The van der Waals surface area contributed by atoms with E-state index in [1.54, 1.807) is 40.1 Å². The van der Waals surface area contributed by atoms with Crippen molar-refractivity contribution >= 4 is 68.9 Å². The topological polar surface area (TPSA) is 181 Å². The third kappa shape index (κ3) is 10.7. The summed E-state index contributed by atoms with van der Waals surface area (Å²) in [6.07, 6.45) is -2.95. The summed E-state index contributed by atoms with van der Waals surface area (Å²) in [6, 6.07) is 12.9. The highest BCUT2D eigenvalue weighted by atomic mass is 35.5. The van der Waals surface area contributed by atoms with Gasteiger partial charge in [-0.1, -0.05) is 36.7 Å². The van der Waals surface area contributed by atoms with Gasteiger partial charge < -0.3 is 49.3 Å². The number of hydrogen-bond acceptors (Lipinski definition) is 11. The molecular weight excluding hydrogens is 909 g/mol. The Kier molecular flexibility index (Phi) is 13.7. The van der Waals surface area contributed by atoms with Crippen LogP contribution in [0, 0.1) is 11.8 Å². The average molecular weight is 963 g/mol. The zero-order valence-corrected chi connectivity index (χ0v) is 39.3. The Bertz CT molecular complexity index is 2710. The van der Waals surface area contributed by atoms with Crippen molar-refractivity contribution in [3.63, 3.8) is 0 Å². The van der Waals surface area contributed by atoms with Crippen molar-refractivity contribution in [2.45, 2.75) is 84.0 Å². The number of anilines is 2. The quantitative estimate of drug-likeness (QED) is 0.128. The van der Waals surface area contributed by atoms with Gasteiger partial charge in [0.25, 0.3) is 5.91 Å². The zero-order chi connectivity index (χ0) is 48.7. The fourth-order valence-electron chi connectivity index (χ4n) is 9.25. The number of nitrogens with one attached hydrogen (secondary N) is 3. The van der Waals surface area contributed by atoms with Crippen LogP contribution in [0.5, 0.6) is 5.75 Å². The largest absolute Gasteiger partial charge is 0.573 e. The fraction of sp³-hybridized carbons (Fsp3) is 0.458. The second-order valence-electron chi connectivity index (χ2n) is 18.6. The first-order valence-corrected chi connectivity index (χ1v) is 22.9. The maximum absolute atomic E-state index is 14.3. The zero-order valence-electron chi connectivity index (χ0n) is 38.5. The molecule has 362 valence electrons. The lowest BCUT2D eigenvalue weighted by Gasteiger charge is -2.40. The predicted molar refractivity (Wildman–Crippen MR) is 249 cm³/mol. The second-order valence-corrected chi connectivity index (χ2v) is 19.0. The van der Waals surface area contributed by atoms with Crippen LogP contribution in [0.4, 0.5) is 34.3 Å². The minimum absolute atomic E-state index is 0.0238. The summed E-state index contributed by atoms with van der Waals surface area (Å²) in [7, 11) is 1.26. The van der Waals surface area contributed by atoms with Crippen LogP contribution < -0.4 is 20.3 Å². The molecule has 0 spiro atoms. The molecule has 8 rings (SSSR count). The summed E-state index contributed by atoms with van der Waals surface area (Å²) in [4.78, 5) is 71.1. The number of pyridine rings is 1. The molecule has 4 atom stereocenters. The predicted octanol–water partition coefficient (Wildman–Crippen LogP) is 9.09. The number of likely N-dealkylation sites (tertiary alicyclic amines) is 1. The van der Waals surface area contributed by atoms with Crippen molar-refractivity contribution in [1.82, 2.24) is 30.1 Å². The van der Waals surface area contributed by atoms with Crippen molar-refractivity contribution in [3.8, 4) is 16.9 Å². The van der Waals surface area contributed by atoms with Crippen LogP contribution in [-0.4, -0.2) is 119 Å². The van der Waals surface area contributed by atoms with Crippen molar-refractivity contribution < 1.29 is 51.3 Å². The van der Waals surface area contributed by atoms with Gasteiger partial charge in [0, 0.05) is 68.6 Å². The van der Waals surface area contributed by atoms with Crippen LogP contribution in [0.3, 0.4) is 0 Å². The molecule has 3 fully saturated rings. The molecule has 0 bridgehead atoms. The molecule has 0 aliphatic carbocycles. The minimum atomic E-state index is -5.08. The molecule has 4 amide bonds. The molecule has 0 radical (unpaired) electrons. The average Bonchev–Trinajstić information content (AvgIpc) is 3.92. The standard InChI is InChI=1S/C48H54ClF3N8O8/c1-26-19-37(60(24-26)44(62)40(57-45(63)65-6)28-13-17-66-18-14-28)42-54-35-11-8-29-20-30(7-10-32(29)41(35)56-42)33-21-34(49)36(22-38(33)67-48(50,51)52)55-43(61)31-9-12-39(53-23-31)59-16-15-58(25-27(59)2)46(64)68-47(3,4)5/h7-12,20-23,26-28,37,40H,13-19,24-25H2,1-6H3,(H,54,56)(H,55,61)(H,57,63)/t26-,27+,37-,40-/m0/s1. The second kappa shape index (κ2) is 19.3. The van der Waals surface area contributed by atoms with Gasteiger partial charge in [-0.15, -0.1) is 13.2 Å². The molecule has 16 nitrogen and oxygen atoms in total. The molecule has 2 aromatic heterocycles. The van der Waals surface area contributed by atoms with Gasteiger partial charge in [0.05, 0.1) is 40.5 Å². The van der Waals surface area contributed by atoms with E-state index in [0.29, 0.717) is 97.7 Å². The van der Waals surface area contributed by atoms with Gasteiger partial charge in [0.2, 0.25) is 5.91 Å². The number of carbonyl (C=O) groups is 4. The van der Waals surface area contributed by atoms with Gasteiger partial charge in [-0.25, -0.2) is 19.6 Å². The van der Waals surface area contributed by atoms with E-state index in [2.05, 4.69) is 32.3 Å². The van der Waals surface area contributed by atoms with Gasteiger partial charge in [0.15, 0.2) is 0 Å². The monoisotopic (exact) mass is 962 g/mol. The summed E-state index contributed by atoms with van der Waals surface area (Å²) in [6.45, 7) is 12.2. The Labute approximate surface area is 395 Å². The smallest absolute Gasteiger partial charge is 0.453 e. The molecule has 3 N–H and O–H groups in total. The van der Waals surface area contributed by atoms with E-state index in [0.717, 1.165) is 6.07 Å².